The second-order valence-corrected chi connectivity index (χ2v) is 5.68. The highest BCUT2D eigenvalue weighted by Gasteiger charge is 2.32. The van der Waals surface area contributed by atoms with Crippen molar-refractivity contribution in [3.63, 3.8) is 0 Å². The minimum absolute atomic E-state index is 0.0775. The lowest BCUT2D eigenvalue weighted by atomic mass is 10.0. The molecule has 3 rings (SSSR count). The van der Waals surface area contributed by atoms with Crippen LogP contribution in [0.15, 0.2) is 48.7 Å². The van der Waals surface area contributed by atoms with E-state index in [4.69, 9.17) is 0 Å². The minimum atomic E-state index is 0.0775. The Morgan fingerprint density at radius 3 is 2.48 bits per heavy atom. The number of carbonyl (C=O) groups excluding carboxylic acids is 1. The van der Waals surface area contributed by atoms with Gasteiger partial charge in [0.1, 0.15) is 5.82 Å². The van der Waals surface area contributed by atoms with Crippen LogP contribution < -0.4 is 10.4 Å². The largest absolute Gasteiger partial charge is 0.273 e. The van der Waals surface area contributed by atoms with Crippen LogP contribution in [0.2, 0.25) is 0 Å². The van der Waals surface area contributed by atoms with E-state index in [1.54, 1.807) is 5.01 Å². The first-order valence-corrected chi connectivity index (χ1v) is 7.26. The Balaban J connectivity index is 1.80. The fourth-order valence-corrected chi connectivity index (χ4v) is 2.46. The second-order valence-electron chi connectivity index (χ2n) is 5.68. The van der Waals surface area contributed by atoms with Gasteiger partial charge >= 0.3 is 0 Å². The minimum Gasteiger partial charge on any atom is -0.273 e. The number of hydrogen-bond donors (Lipinski definition) is 1. The van der Waals surface area contributed by atoms with Gasteiger partial charge in [-0.15, -0.1) is 0 Å². The molecule has 0 spiro atoms. The molecule has 1 atom stereocenters. The number of carbonyl (C=O) groups is 1. The summed E-state index contributed by atoms with van der Waals surface area (Å²) in [6, 6.07) is 14.2. The number of nitrogens with zero attached hydrogens (tertiary/aromatic N) is 2. The quantitative estimate of drug-likeness (QED) is 0.940. The average molecular weight is 281 g/mol. The first kappa shape index (κ1) is 13.8. The summed E-state index contributed by atoms with van der Waals surface area (Å²) in [7, 11) is 0. The molecule has 1 fully saturated rings. The Morgan fingerprint density at radius 2 is 1.90 bits per heavy atom. The average Bonchev–Trinajstić information content (AvgIpc) is 2.91. The van der Waals surface area contributed by atoms with Gasteiger partial charge in [-0.05, 0) is 23.6 Å². The fraction of sp³-hybridized carbons (Fsp3) is 0.294. The highest BCUT2D eigenvalue weighted by molar-refractivity contribution is 5.94. The van der Waals surface area contributed by atoms with E-state index in [-0.39, 0.29) is 11.9 Å². The number of aromatic nitrogens is 1. The monoisotopic (exact) mass is 281 g/mol. The summed E-state index contributed by atoms with van der Waals surface area (Å²) in [4.78, 5) is 16.5. The number of nitrogens with one attached hydrogen (secondary N) is 1. The molecule has 0 saturated carbocycles. The molecule has 1 amide bonds. The van der Waals surface area contributed by atoms with Gasteiger partial charge < -0.3 is 0 Å². The predicted octanol–water partition coefficient (Wildman–Crippen LogP) is 3.01. The number of rotatable bonds is 3. The van der Waals surface area contributed by atoms with Gasteiger partial charge in [-0.25, -0.2) is 15.4 Å². The molecule has 1 aliphatic rings. The van der Waals surface area contributed by atoms with E-state index >= 15 is 0 Å². The molecule has 1 aromatic carbocycles. The van der Waals surface area contributed by atoms with E-state index in [2.05, 4.69) is 24.3 Å². The molecule has 1 unspecified atom stereocenters. The number of benzene rings is 1. The van der Waals surface area contributed by atoms with Crippen molar-refractivity contribution in [1.29, 1.82) is 0 Å². The third-order valence-electron chi connectivity index (χ3n) is 3.83. The van der Waals surface area contributed by atoms with Gasteiger partial charge in [0, 0.05) is 24.2 Å². The van der Waals surface area contributed by atoms with Crippen molar-refractivity contribution in [2.24, 2.45) is 5.92 Å². The summed E-state index contributed by atoms with van der Waals surface area (Å²) in [5.41, 5.74) is 5.41. The van der Waals surface area contributed by atoms with Crippen LogP contribution in [-0.4, -0.2) is 16.9 Å². The maximum absolute atomic E-state index is 12.1. The van der Waals surface area contributed by atoms with E-state index in [0.29, 0.717) is 18.2 Å². The summed E-state index contributed by atoms with van der Waals surface area (Å²) in [6.45, 7) is 4.22. The highest BCUT2D eigenvalue weighted by Crippen LogP contribution is 2.23. The van der Waals surface area contributed by atoms with Crippen LogP contribution in [0.4, 0.5) is 5.82 Å². The van der Waals surface area contributed by atoms with E-state index in [1.165, 1.54) is 0 Å². The Hall–Kier alpha value is -2.20. The molecule has 1 aromatic heterocycles. The topological polar surface area (TPSA) is 45.2 Å². The van der Waals surface area contributed by atoms with Crippen molar-refractivity contribution in [2.45, 2.75) is 26.3 Å². The molecule has 21 heavy (non-hydrogen) atoms. The summed E-state index contributed by atoms with van der Waals surface area (Å²) < 4.78 is 0. The molecule has 0 radical (unpaired) electrons. The van der Waals surface area contributed by atoms with Crippen molar-refractivity contribution in [1.82, 2.24) is 10.4 Å². The van der Waals surface area contributed by atoms with Crippen molar-refractivity contribution < 1.29 is 4.79 Å². The standard InChI is InChI=1S/C17H19N3O/c1-12(2)15-10-17(21)20(19-15)16-9-8-14(11-18-16)13-6-4-3-5-7-13/h3-9,11-12,15,19H,10H2,1-2H3. The smallest absolute Gasteiger partial charge is 0.244 e. The second kappa shape index (κ2) is 5.66. The molecular formula is C17H19N3O. The number of hydrogen-bond acceptors (Lipinski definition) is 3. The van der Waals surface area contributed by atoms with E-state index < -0.39 is 0 Å². The molecule has 0 aliphatic carbocycles. The van der Waals surface area contributed by atoms with Crippen LogP contribution in [0.3, 0.4) is 0 Å². The maximum atomic E-state index is 12.1. The molecule has 1 aliphatic heterocycles. The van der Waals surface area contributed by atoms with E-state index in [9.17, 15) is 4.79 Å². The van der Waals surface area contributed by atoms with Crippen LogP contribution in [0.5, 0.6) is 0 Å². The van der Waals surface area contributed by atoms with Gasteiger partial charge in [0.2, 0.25) is 5.91 Å². The third-order valence-corrected chi connectivity index (χ3v) is 3.83. The molecule has 2 heterocycles. The highest BCUT2D eigenvalue weighted by atomic mass is 16.2. The van der Waals surface area contributed by atoms with Gasteiger partial charge in [-0.3, -0.25) is 4.79 Å². The molecular weight excluding hydrogens is 262 g/mol. The molecule has 0 bridgehead atoms. The van der Waals surface area contributed by atoms with Crippen LogP contribution in [0.25, 0.3) is 11.1 Å². The van der Waals surface area contributed by atoms with Crippen LogP contribution in [-0.2, 0) is 4.79 Å². The molecule has 1 saturated heterocycles. The van der Waals surface area contributed by atoms with Crippen molar-refractivity contribution in [3.8, 4) is 11.1 Å². The third kappa shape index (κ3) is 2.81. The zero-order valence-electron chi connectivity index (χ0n) is 12.3. The molecule has 4 heteroatoms. The lowest BCUT2D eigenvalue weighted by Crippen LogP contribution is -2.39. The number of amides is 1. The fourth-order valence-electron chi connectivity index (χ4n) is 2.46. The normalized spacial score (nSPS) is 18.5. The summed E-state index contributed by atoms with van der Waals surface area (Å²) >= 11 is 0. The Kier molecular flexibility index (Phi) is 3.71. The summed E-state index contributed by atoms with van der Waals surface area (Å²) in [6.07, 6.45) is 2.34. The van der Waals surface area contributed by atoms with Gasteiger partial charge in [0.25, 0.3) is 0 Å². The van der Waals surface area contributed by atoms with Crippen molar-refractivity contribution in [3.05, 3.63) is 48.7 Å². The first-order valence-electron chi connectivity index (χ1n) is 7.26. The number of hydrazine groups is 1. The maximum Gasteiger partial charge on any atom is 0.244 e. The summed E-state index contributed by atoms with van der Waals surface area (Å²) in [5, 5.41) is 1.57. The van der Waals surface area contributed by atoms with Gasteiger partial charge in [0.05, 0.1) is 0 Å². The Bertz CT molecular complexity index is 622. The lowest BCUT2D eigenvalue weighted by Gasteiger charge is -2.19. The zero-order chi connectivity index (χ0) is 14.8. The van der Waals surface area contributed by atoms with Crippen LogP contribution >= 0.6 is 0 Å². The van der Waals surface area contributed by atoms with Gasteiger partial charge in [0.15, 0.2) is 0 Å². The van der Waals surface area contributed by atoms with Crippen molar-refractivity contribution >= 4 is 11.7 Å². The van der Waals surface area contributed by atoms with E-state index in [1.807, 2.05) is 48.7 Å². The first-order chi connectivity index (χ1) is 10.1. The zero-order valence-corrected chi connectivity index (χ0v) is 12.3. The molecule has 4 nitrogen and oxygen atoms in total. The van der Waals surface area contributed by atoms with Crippen molar-refractivity contribution in [2.75, 3.05) is 5.01 Å². The molecule has 1 N–H and O–H groups in total. The Morgan fingerprint density at radius 1 is 1.14 bits per heavy atom. The number of pyridine rings is 1. The SMILES string of the molecule is CC(C)C1CC(=O)N(c2ccc(-c3ccccc3)cn2)N1. The lowest BCUT2D eigenvalue weighted by molar-refractivity contribution is -0.117. The van der Waals surface area contributed by atoms with Gasteiger partial charge in [-0.1, -0.05) is 44.2 Å². The van der Waals surface area contributed by atoms with E-state index in [0.717, 1.165) is 11.1 Å². The predicted molar refractivity (Wildman–Crippen MR) is 83.5 cm³/mol. The van der Waals surface area contributed by atoms with Gasteiger partial charge in [-0.2, -0.15) is 0 Å². The summed E-state index contributed by atoms with van der Waals surface area (Å²) in [5.74, 6) is 1.15. The molecule has 108 valence electrons. The molecule has 2 aromatic rings. The van der Waals surface area contributed by atoms with Crippen LogP contribution in [0, 0.1) is 5.92 Å². The van der Waals surface area contributed by atoms with Crippen LogP contribution in [0.1, 0.15) is 20.3 Å². The number of anilines is 1. The Labute approximate surface area is 124 Å².